The van der Waals surface area contributed by atoms with Crippen LogP contribution in [-0.4, -0.2) is 36.1 Å². The van der Waals surface area contributed by atoms with Crippen molar-refractivity contribution in [3.63, 3.8) is 0 Å². The quantitative estimate of drug-likeness (QED) is 0.858. The Morgan fingerprint density at radius 2 is 2.00 bits per heavy atom. The zero-order chi connectivity index (χ0) is 12.8. The van der Waals surface area contributed by atoms with Gasteiger partial charge in [0.2, 0.25) is 0 Å². The van der Waals surface area contributed by atoms with E-state index in [2.05, 4.69) is 15.2 Å². The Hall–Kier alpha value is -1.29. The van der Waals surface area contributed by atoms with Crippen LogP contribution in [0.4, 0.5) is 11.5 Å². The summed E-state index contributed by atoms with van der Waals surface area (Å²) in [7, 11) is 0. The van der Waals surface area contributed by atoms with Crippen molar-refractivity contribution in [2.45, 2.75) is 32.6 Å². The molecule has 0 atom stereocenters. The van der Waals surface area contributed by atoms with Crippen LogP contribution in [0.5, 0.6) is 0 Å². The van der Waals surface area contributed by atoms with Crippen molar-refractivity contribution in [2.75, 3.05) is 37.2 Å². The number of pyridine rings is 1. The van der Waals surface area contributed by atoms with Gasteiger partial charge >= 0.3 is 0 Å². The third kappa shape index (κ3) is 3.88. The maximum absolute atomic E-state index is 5.87. The van der Waals surface area contributed by atoms with E-state index in [1.54, 1.807) is 0 Å². The summed E-state index contributed by atoms with van der Waals surface area (Å²) in [6.45, 7) is 6.49. The Morgan fingerprint density at radius 3 is 2.67 bits per heavy atom. The summed E-state index contributed by atoms with van der Waals surface area (Å²) < 4.78 is 0. The lowest BCUT2D eigenvalue weighted by Crippen LogP contribution is -2.30. The number of likely N-dealkylation sites (tertiary alicyclic amines) is 1. The zero-order valence-electron chi connectivity index (χ0n) is 11.3. The lowest BCUT2D eigenvalue weighted by molar-refractivity contribution is 0.296. The van der Waals surface area contributed by atoms with Crippen LogP contribution in [0.3, 0.4) is 0 Å². The number of nitrogens with one attached hydrogen (secondary N) is 1. The van der Waals surface area contributed by atoms with Crippen LogP contribution in [0.1, 0.15) is 31.2 Å². The van der Waals surface area contributed by atoms with E-state index in [1.807, 2.05) is 19.2 Å². The van der Waals surface area contributed by atoms with Gasteiger partial charge in [-0.1, -0.05) is 12.8 Å². The standard InChI is InChI=1S/C14H24N4/c1-12-11-17-14(10-13(12)15)16-6-9-18-7-4-2-3-5-8-18/h10-11H,2-9H2,1H3,(H3,15,16,17). The van der Waals surface area contributed by atoms with Crippen LogP contribution in [0.2, 0.25) is 0 Å². The Labute approximate surface area is 110 Å². The molecular formula is C14H24N4. The molecule has 0 aromatic carbocycles. The number of nitrogen functional groups attached to an aromatic ring is 1. The van der Waals surface area contributed by atoms with Gasteiger partial charge in [0.05, 0.1) is 0 Å². The van der Waals surface area contributed by atoms with Gasteiger partial charge in [-0.3, -0.25) is 0 Å². The summed E-state index contributed by atoms with van der Waals surface area (Å²) in [5.41, 5.74) is 7.71. The second-order valence-corrected chi connectivity index (χ2v) is 5.11. The summed E-state index contributed by atoms with van der Waals surface area (Å²) >= 11 is 0. The minimum Gasteiger partial charge on any atom is -0.398 e. The number of aromatic nitrogens is 1. The van der Waals surface area contributed by atoms with Crippen LogP contribution >= 0.6 is 0 Å². The second-order valence-electron chi connectivity index (χ2n) is 5.11. The number of hydrogen-bond acceptors (Lipinski definition) is 4. The van der Waals surface area contributed by atoms with Gasteiger partial charge in [0.25, 0.3) is 0 Å². The van der Waals surface area contributed by atoms with E-state index in [0.717, 1.165) is 30.2 Å². The van der Waals surface area contributed by atoms with Crippen molar-refractivity contribution >= 4 is 11.5 Å². The largest absolute Gasteiger partial charge is 0.398 e. The molecule has 1 aliphatic rings. The minimum absolute atomic E-state index is 0.808. The van der Waals surface area contributed by atoms with Gasteiger partial charge in [-0.15, -0.1) is 0 Å². The Kier molecular flexibility index (Phi) is 4.81. The molecule has 18 heavy (non-hydrogen) atoms. The molecule has 0 amide bonds. The predicted molar refractivity (Wildman–Crippen MR) is 76.8 cm³/mol. The maximum atomic E-state index is 5.87. The highest BCUT2D eigenvalue weighted by Gasteiger charge is 2.08. The molecule has 2 rings (SSSR count). The normalized spacial score (nSPS) is 17.4. The number of aryl methyl sites for hydroxylation is 1. The van der Waals surface area contributed by atoms with Crippen molar-refractivity contribution < 1.29 is 0 Å². The maximum Gasteiger partial charge on any atom is 0.128 e. The zero-order valence-corrected chi connectivity index (χ0v) is 11.3. The Morgan fingerprint density at radius 1 is 1.28 bits per heavy atom. The van der Waals surface area contributed by atoms with Crippen LogP contribution in [-0.2, 0) is 0 Å². The van der Waals surface area contributed by atoms with E-state index >= 15 is 0 Å². The van der Waals surface area contributed by atoms with Crippen molar-refractivity contribution in [2.24, 2.45) is 0 Å². The molecule has 1 aliphatic heterocycles. The van der Waals surface area contributed by atoms with E-state index in [4.69, 9.17) is 5.73 Å². The molecule has 100 valence electrons. The van der Waals surface area contributed by atoms with Crippen molar-refractivity contribution in [3.8, 4) is 0 Å². The molecule has 0 aliphatic carbocycles. The van der Waals surface area contributed by atoms with E-state index in [0.29, 0.717) is 0 Å². The molecule has 0 saturated carbocycles. The minimum atomic E-state index is 0.808. The molecule has 0 unspecified atom stereocenters. The molecule has 4 heteroatoms. The summed E-state index contributed by atoms with van der Waals surface area (Å²) in [5.74, 6) is 0.882. The second kappa shape index (κ2) is 6.59. The van der Waals surface area contributed by atoms with Crippen LogP contribution in [0.15, 0.2) is 12.3 Å². The van der Waals surface area contributed by atoms with E-state index in [1.165, 1.54) is 38.8 Å². The molecule has 1 aromatic rings. The molecule has 2 heterocycles. The van der Waals surface area contributed by atoms with E-state index in [9.17, 15) is 0 Å². The molecule has 4 nitrogen and oxygen atoms in total. The van der Waals surface area contributed by atoms with Gasteiger partial charge in [0, 0.05) is 31.0 Å². The fraction of sp³-hybridized carbons (Fsp3) is 0.643. The molecule has 1 saturated heterocycles. The van der Waals surface area contributed by atoms with E-state index < -0.39 is 0 Å². The average Bonchev–Trinajstić information content (AvgIpc) is 2.62. The number of nitrogens with zero attached hydrogens (tertiary/aromatic N) is 2. The average molecular weight is 248 g/mol. The lowest BCUT2D eigenvalue weighted by Gasteiger charge is -2.20. The predicted octanol–water partition coefficient (Wildman–Crippen LogP) is 2.26. The highest BCUT2D eigenvalue weighted by atomic mass is 15.1. The van der Waals surface area contributed by atoms with Crippen molar-refractivity contribution in [1.82, 2.24) is 9.88 Å². The number of rotatable bonds is 4. The number of hydrogen-bond donors (Lipinski definition) is 2. The van der Waals surface area contributed by atoms with Crippen LogP contribution in [0.25, 0.3) is 0 Å². The first-order valence-electron chi connectivity index (χ1n) is 6.94. The number of nitrogens with two attached hydrogens (primary N) is 1. The fourth-order valence-electron chi connectivity index (χ4n) is 2.34. The summed E-state index contributed by atoms with van der Waals surface area (Å²) in [6.07, 6.45) is 7.29. The fourth-order valence-corrected chi connectivity index (χ4v) is 2.34. The van der Waals surface area contributed by atoms with E-state index in [-0.39, 0.29) is 0 Å². The van der Waals surface area contributed by atoms with Crippen molar-refractivity contribution in [3.05, 3.63) is 17.8 Å². The molecule has 1 aromatic heterocycles. The smallest absolute Gasteiger partial charge is 0.128 e. The first-order valence-corrected chi connectivity index (χ1v) is 6.94. The monoisotopic (exact) mass is 248 g/mol. The van der Waals surface area contributed by atoms with Gasteiger partial charge in [-0.05, 0) is 38.4 Å². The summed E-state index contributed by atoms with van der Waals surface area (Å²) in [6, 6.07) is 1.91. The first kappa shape index (κ1) is 13.1. The van der Waals surface area contributed by atoms with Gasteiger partial charge in [-0.25, -0.2) is 4.98 Å². The molecule has 1 fully saturated rings. The highest BCUT2D eigenvalue weighted by Crippen LogP contribution is 2.13. The molecule has 0 radical (unpaired) electrons. The summed E-state index contributed by atoms with van der Waals surface area (Å²) in [4.78, 5) is 6.87. The van der Waals surface area contributed by atoms with Gasteiger partial charge in [-0.2, -0.15) is 0 Å². The number of anilines is 2. The highest BCUT2D eigenvalue weighted by molar-refractivity contribution is 5.53. The summed E-state index contributed by atoms with van der Waals surface area (Å²) in [5, 5.41) is 3.35. The first-order chi connectivity index (χ1) is 8.75. The Balaban J connectivity index is 1.75. The van der Waals surface area contributed by atoms with Crippen LogP contribution in [0, 0.1) is 6.92 Å². The Bertz CT molecular complexity index is 370. The molecular weight excluding hydrogens is 224 g/mol. The van der Waals surface area contributed by atoms with Gasteiger partial charge in [0.1, 0.15) is 5.82 Å². The van der Waals surface area contributed by atoms with Crippen LogP contribution < -0.4 is 11.1 Å². The molecule has 3 N–H and O–H groups in total. The molecule has 0 spiro atoms. The third-order valence-corrected chi connectivity index (χ3v) is 3.58. The van der Waals surface area contributed by atoms with Crippen molar-refractivity contribution in [1.29, 1.82) is 0 Å². The topological polar surface area (TPSA) is 54.2 Å². The van der Waals surface area contributed by atoms with Gasteiger partial charge < -0.3 is 16.0 Å². The molecule has 0 bridgehead atoms. The lowest BCUT2D eigenvalue weighted by atomic mass is 10.2. The third-order valence-electron chi connectivity index (χ3n) is 3.58. The van der Waals surface area contributed by atoms with Gasteiger partial charge in [0.15, 0.2) is 0 Å². The SMILES string of the molecule is Cc1cnc(NCCN2CCCCCC2)cc1N.